The van der Waals surface area contributed by atoms with Crippen LogP contribution in [0, 0.1) is 0 Å². The van der Waals surface area contributed by atoms with E-state index in [2.05, 4.69) is 25.3 Å². The van der Waals surface area contributed by atoms with Gasteiger partial charge in [-0.25, -0.2) is 4.99 Å². The molecule has 0 saturated heterocycles. The van der Waals surface area contributed by atoms with Crippen molar-refractivity contribution >= 4 is 29.6 Å². The summed E-state index contributed by atoms with van der Waals surface area (Å²) in [7, 11) is 0. The van der Waals surface area contributed by atoms with Crippen LogP contribution in [0.5, 0.6) is 5.75 Å². The molecular weight excluding hydrogens is 344 g/mol. The number of fused-ring (bicyclic) bond motifs is 1. The predicted molar refractivity (Wildman–Crippen MR) is 103 cm³/mol. The van der Waals surface area contributed by atoms with Crippen molar-refractivity contribution in [2.24, 2.45) is 20.7 Å². The van der Waals surface area contributed by atoms with Crippen LogP contribution < -0.4 is 15.8 Å². The summed E-state index contributed by atoms with van der Waals surface area (Å²) in [4.78, 5) is 28.0. The molecule has 2 aliphatic heterocycles. The lowest BCUT2D eigenvalue weighted by atomic mass is 10.1. The fourth-order valence-corrected chi connectivity index (χ4v) is 2.66. The van der Waals surface area contributed by atoms with E-state index >= 15 is 0 Å². The molecule has 134 valence electrons. The minimum atomic E-state index is -0.412. The molecule has 0 radical (unpaired) electrons. The summed E-state index contributed by atoms with van der Waals surface area (Å²) in [6, 6.07) is 13.2. The molecule has 3 heterocycles. The highest BCUT2D eigenvalue weighted by Crippen LogP contribution is 2.20. The highest BCUT2D eigenvalue weighted by atomic mass is 16.5. The number of aromatic nitrogens is 1. The molecule has 8 heteroatoms. The Morgan fingerprint density at radius 1 is 1.07 bits per heavy atom. The number of benzene rings is 1. The van der Waals surface area contributed by atoms with Gasteiger partial charge in [0, 0.05) is 30.2 Å². The Labute approximate surface area is 155 Å². The fourth-order valence-electron chi connectivity index (χ4n) is 2.66. The number of aliphatic imine (C=N–C) groups is 3. The summed E-state index contributed by atoms with van der Waals surface area (Å²) in [5.41, 5.74) is 8.36. The van der Waals surface area contributed by atoms with E-state index in [9.17, 15) is 4.79 Å². The maximum absolute atomic E-state index is 12.0. The highest BCUT2D eigenvalue weighted by Gasteiger charge is 2.27. The average molecular weight is 360 g/mol. The third-order valence-corrected chi connectivity index (χ3v) is 3.99. The molecule has 0 aliphatic carbocycles. The van der Waals surface area contributed by atoms with Crippen molar-refractivity contribution < 1.29 is 9.53 Å². The lowest BCUT2D eigenvalue weighted by Gasteiger charge is -2.10. The molecule has 1 aromatic heterocycles. The molecule has 0 fully saturated rings. The number of amides is 1. The second-order valence-corrected chi connectivity index (χ2v) is 5.86. The third kappa shape index (κ3) is 3.74. The Morgan fingerprint density at radius 3 is 2.70 bits per heavy atom. The van der Waals surface area contributed by atoms with E-state index in [4.69, 9.17) is 10.5 Å². The van der Waals surface area contributed by atoms with Crippen LogP contribution >= 0.6 is 0 Å². The fraction of sp³-hybridized carbons (Fsp3) is 0.105. The second-order valence-electron chi connectivity index (χ2n) is 5.86. The summed E-state index contributed by atoms with van der Waals surface area (Å²) in [6.07, 6.45) is 3.35. The molecule has 0 atom stereocenters. The average Bonchev–Trinajstić information content (AvgIpc) is 3.09. The van der Waals surface area contributed by atoms with Crippen LogP contribution in [0.4, 0.5) is 5.69 Å². The van der Waals surface area contributed by atoms with E-state index < -0.39 is 5.91 Å². The first kappa shape index (κ1) is 16.6. The first-order chi connectivity index (χ1) is 13.2. The van der Waals surface area contributed by atoms with Crippen molar-refractivity contribution in [2.45, 2.75) is 6.61 Å². The molecular formula is C19H16N6O2. The molecule has 0 spiro atoms. The van der Waals surface area contributed by atoms with Crippen LogP contribution in [0.25, 0.3) is 0 Å². The molecule has 1 amide bonds. The minimum absolute atomic E-state index is 0.0635. The molecule has 8 nitrogen and oxygen atoms in total. The Balaban J connectivity index is 1.36. The molecule has 27 heavy (non-hydrogen) atoms. The maximum atomic E-state index is 12.0. The predicted octanol–water partition coefficient (Wildman–Crippen LogP) is 1.71. The number of nitrogens with two attached hydrogens (primary N) is 1. The molecule has 3 N–H and O–H groups in total. The summed E-state index contributed by atoms with van der Waals surface area (Å²) in [6.45, 7) is 0.835. The number of nitrogens with zero attached hydrogens (tertiary/aromatic N) is 4. The Kier molecular flexibility index (Phi) is 4.44. The summed E-state index contributed by atoms with van der Waals surface area (Å²) in [5, 5.41) is 3.25. The molecule has 2 aliphatic rings. The number of ether oxygens (including phenoxy) is 1. The van der Waals surface area contributed by atoms with Gasteiger partial charge in [0.15, 0.2) is 5.84 Å². The van der Waals surface area contributed by atoms with Crippen molar-refractivity contribution in [1.82, 2.24) is 4.98 Å². The van der Waals surface area contributed by atoms with E-state index in [0.717, 1.165) is 22.7 Å². The van der Waals surface area contributed by atoms with Gasteiger partial charge >= 0.3 is 0 Å². The van der Waals surface area contributed by atoms with Gasteiger partial charge in [0.25, 0.3) is 5.91 Å². The van der Waals surface area contributed by atoms with Crippen molar-refractivity contribution in [3.8, 4) is 5.75 Å². The summed E-state index contributed by atoms with van der Waals surface area (Å²) >= 11 is 0. The zero-order chi connectivity index (χ0) is 18.6. The van der Waals surface area contributed by atoms with Crippen molar-refractivity contribution in [3.05, 3.63) is 65.5 Å². The largest absolute Gasteiger partial charge is 0.487 e. The van der Waals surface area contributed by atoms with E-state index in [1.54, 1.807) is 12.4 Å². The van der Waals surface area contributed by atoms with Crippen molar-refractivity contribution in [2.75, 3.05) is 11.9 Å². The Hall–Kier alpha value is -3.81. The van der Waals surface area contributed by atoms with Crippen LogP contribution in [0.1, 0.15) is 5.69 Å². The van der Waals surface area contributed by atoms with E-state index in [1.807, 2.05) is 42.5 Å². The van der Waals surface area contributed by atoms with Gasteiger partial charge in [-0.2, -0.15) is 9.98 Å². The summed E-state index contributed by atoms with van der Waals surface area (Å²) in [5.74, 6) is 0.594. The SMILES string of the molecule is NC1=NC(=O)C2=C(CNc3ccc(OCc4ccccn4)cc3)C=NC2=N1. The summed E-state index contributed by atoms with van der Waals surface area (Å²) < 4.78 is 5.71. The van der Waals surface area contributed by atoms with Gasteiger partial charge in [0.1, 0.15) is 12.4 Å². The number of carbonyl (C=O) groups is 1. The van der Waals surface area contributed by atoms with Crippen molar-refractivity contribution in [1.29, 1.82) is 0 Å². The van der Waals surface area contributed by atoms with Gasteiger partial charge < -0.3 is 15.8 Å². The molecule has 4 rings (SSSR count). The van der Waals surface area contributed by atoms with E-state index in [-0.39, 0.29) is 5.96 Å². The van der Waals surface area contributed by atoms with Gasteiger partial charge in [-0.05, 0) is 36.4 Å². The first-order valence-electron chi connectivity index (χ1n) is 8.30. The molecule has 1 aromatic carbocycles. The first-order valence-corrected chi connectivity index (χ1v) is 8.30. The smallest absolute Gasteiger partial charge is 0.284 e. The van der Waals surface area contributed by atoms with Gasteiger partial charge in [-0.3, -0.25) is 9.78 Å². The zero-order valence-electron chi connectivity index (χ0n) is 14.3. The topological polar surface area (TPSA) is 114 Å². The minimum Gasteiger partial charge on any atom is -0.487 e. The number of nitrogens with one attached hydrogen (secondary N) is 1. The van der Waals surface area contributed by atoms with Crippen LogP contribution in [0.2, 0.25) is 0 Å². The Morgan fingerprint density at radius 2 is 1.93 bits per heavy atom. The van der Waals surface area contributed by atoms with Gasteiger partial charge in [-0.15, -0.1) is 0 Å². The van der Waals surface area contributed by atoms with Crippen molar-refractivity contribution in [3.63, 3.8) is 0 Å². The van der Waals surface area contributed by atoms with Gasteiger partial charge in [-0.1, -0.05) is 6.07 Å². The number of hydrogen-bond acceptors (Lipinski definition) is 7. The molecule has 0 saturated carbocycles. The van der Waals surface area contributed by atoms with Crippen LogP contribution in [-0.2, 0) is 11.4 Å². The second kappa shape index (κ2) is 7.20. The van der Waals surface area contributed by atoms with Gasteiger partial charge in [0.2, 0.25) is 5.96 Å². The molecule has 0 bridgehead atoms. The number of carbonyl (C=O) groups excluding carboxylic acids is 1. The van der Waals surface area contributed by atoms with E-state index in [0.29, 0.717) is 24.6 Å². The molecule has 0 unspecified atom stereocenters. The van der Waals surface area contributed by atoms with E-state index in [1.165, 1.54) is 0 Å². The monoisotopic (exact) mass is 360 g/mol. The number of rotatable bonds is 6. The lowest BCUT2D eigenvalue weighted by molar-refractivity contribution is -0.113. The van der Waals surface area contributed by atoms with Crippen LogP contribution in [-0.4, -0.2) is 35.4 Å². The van der Waals surface area contributed by atoms with Gasteiger partial charge in [0.05, 0.1) is 11.3 Å². The standard InChI is InChI=1S/C19H16N6O2/c20-19-24-17-16(18(26)25-19)12(10-23-17)9-22-13-4-6-15(7-5-13)27-11-14-3-1-2-8-21-14/h1-8,10,22H,9,11H2,(H2,20,25,26). The number of guanidine groups is 1. The normalized spacial score (nSPS) is 15.3. The quantitative estimate of drug-likeness (QED) is 0.814. The van der Waals surface area contributed by atoms with Crippen LogP contribution in [0.15, 0.2) is 74.8 Å². The Bertz CT molecular complexity index is 991. The third-order valence-electron chi connectivity index (χ3n) is 3.99. The number of amidine groups is 1. The highest BCUT2D eigenvalue weighted by molar-refractivity contribution is 6.34. The van der Waals surface area contributed by atoms with Crippen LogP contribution in [0.3, 0.4) is 0 Å². The maximum Gasteiger partial charge on any atom is 0.284 e. The zero-order valence-corrected chi connectivity index (χ0v) is 14.3. The lowest BCUT2D eigenvalue weighted by Crippen LogP contribution is -2.23. The number of hydrogen-bond donors (Lipinski definition) is 2. The molecule has 2 aromatic rings. The number of pyridine rings is 1. The number of anilines is 1.